The van der Waals surface area contributed by atoms with Crippen molar-refractivity contribution in [3.8, 4) is 5.75 Å². The van der Waals surface area contributed by atoms with Crippen molar-refractivity contribution in [1.29, 1.82) is 0 Å². The highest BCUT2D eigenvalue weighted by molar-refractivity contribution is 7.90. The lowest BCUT2D eigenvalue weighted by atomic mass is 10.2. The minimum absolute atomic E-state index is 0.0464. The normalized spacial score (nSPS) is 11.3. The van der Waals surface area contributed by atoms with Gasteiger partial charge in [-0.3, -0.25) is 4.79 Å². The molecule has 1 aromatic rings. The molecule has 18 heavy (non-hydrogen) atoms. The number of rotatable bonds is 5. The smallest absolute Gasteiger partial charge is 0.264 e. The first-order valence-corrected chi connectivity index (χ1v) is 7.31. The number of carbonyl (C=O) groups is 1. The third-order valence-corrected chi connectivity index (χ3v) is 3.37. The van der Waals surface area contributed by atoms with Gasteiger partial charge in [-0.15, -0.1) is 0 Å². The largest absolute Gasteiger partial charge is 0.491 e. The minimum Gasteiger partial charge on any atom is -0.491 e. The van der Waals surface area contributed by atoms with Crippen LogP contribution in [0.15, 0.2) is 24.3 Å². The molecule has 0 unspecified atom stereocenters. The number of benzene rings is 1. The molecule has 0 aliphatic rings. The molecule has 1 N–H and O–H groups in total. The molecule has 100 valence electrons. The maximum absolute atomic E-state index is 11.6. The van der Waals surface area contributed by atoms with E-state index in [1.165, 1.54) is 19.1 Å². The van der Waals surface area contributed by atoms with E-state index in [1.807, 2.05) is 18.6 Å². The molecule has 0 aliphatic carbocycles. The lowest BCUT2D eigenvalue weighted by molar-refractivity contribution is 0.0981. The van der Waals surface area contributed by atoms with Gasteiger partial charge in [0.1, 0.15) is 5.75 Å². The monoisotopic (exact) mass is 271 g/mol. The molecule has 5 nitrogen and oxygen atoms in total. The summed E-state index contributed by atoms with van der Waals surface area (Å²) in [5, 5.41) is 0. The third-order valence-electron chi connectivity index (χ3n) is 2.12. The summed E-state index contributed by atoms with van der Waals surface area (Å²) >= 11 is 0. The van der Waals surface area contributed by atoms with Gasteiger partial charge in [-0.1, -0.05) is 0 Å². The van der Waals surface area contributed by atoms with Crippen LogP contribution in [0.25, 0.3) is 0 Å². The van der Waals surface area contributed by atoms with Crippen molar-refractivity contribution in [2.45, 2.75) is 26.9 Å². The van der Waals surface area contributed by atoms with Crippen molar-refractivity contribution >= 4 is 15.9 Å². The van der Waals surface area contributed by atoms with Gasteiger partial charge in [-0.25, -0.2) is 13.1 Å². The molecule has 6 heteroatoms. The van der Waals surface area contributed by atoms with E-state index in [4.69, 9.17) is 4.74 Å². The Morgan fingerprint density at radius 2 is 1.83 bits per heavy atom. The molecule has 0 fully saturated rings. The molecule has 0 heterocycles. The Kier molecular flexibility index (Phi) is 4.72. The molecule has 1 aromatic carbocycles. The first-order chi connectivity index (χ1) is 8.34. The lowest BCUT2D eigenvalue weighted by Gasteiger charge is -2.10. The Balaban J connectivity index is 2.76. The summed E-state index contributed by atoms with van der Waals surface area (Å²) in [5.74, 6) is -0.124. The molecule has 0 saturated heterocycles. The Labute approximate surface area is 107 Å². The van der Waals surface area contributed by atoms with Gasteiger partial charge in [-0.2, -0.15) is 0 Å². The SMILES string of the molecule is CCS(=O)(=O)NC(=O)c1ccc(OC(C)C)cc1. The standard InChI is InChI=1S/C12H17NO4S/c1-4-18(15,16)13-12(14)10-5-7-11(8-6-10)17-9(2)3/h5-9H,4H2,1-3H3,(H,13,14). The summed E-state index contributed by atoms with van der Waals surface area (Å²) in [6.45, 7) is 5.26. The molecule has 0 aliphatic heterocycles. The number of ether oxygens (including phenoxy) is 1. The average Bonchev–Trinajstić information content (AvgIpc) is 2.28. The molecule has 1 rings (SSSR count). The Hall–Kier alpha value is -1.56. The molecule has 1 amide bonds. The summed E-state index contributed by atoms with van der Waals surface area (Å²) in [7, 11) is -3.53. The third kappa shape index (κ3) is 4.37. The molecular weight excluding hydrogens is 254 g/mol. The van der Waals surface area contributed by atoms with E-state index in [2.05, 4.69) is 0 Å². The number of hydrogen-bond donors (Lipinski definition) is 1. The van der Waals surface area contributed by atoms with E-state index in [0.717, 1.165) is 0 Å². The van der Waals surface area contributed by atoms with Gasteiger partial charge in [0, 0.05) is 5.56 Å². The quantitative estimate of drug-likeness (QED) is 0.882. The highest BCUT2D eigenvalue weighted by Crippen LogP contribution is 2.13. The lowest BCUT2D eigenvalue weighted by Crippen LogP contribution is -2.31. The summed E-state index contributed by atoms with van der Waals surface area (Å²) in [6.07, 6.45) is 0.0464. The van der Waals surface area contributed by atoms with Crippen molar-refractivity contribution in [1.82, 2.24) is 4.72 Å². The summed E-state index contributed by atoms with van der Waals surface area (Å²) in [6, 6.07) is 6.32. The molecular formula is C12H17NO4S. The van der Waals surface area contributed by atoms with Crippen LogP contribution in [0.3, 0.4) is 0 Å². The molecule has 0 radical (unpaired) electrons. The van der Waals surface area contributed by atoms with E-state index >= 15 is 0 Å². The molecule has 0 atom stereocenters. The number of carbonyl (C=O) groups excluding carboxylic acids is 1. The second kappa shape index (κ2) is 5.86. The number of sulfonamides is 1. The fraction of sp³-hybridized carbons (Fsp3) is 0.417. The van der Waals surface area contributed by atoms with Crippen LogP contribution in [0.1, 0.15) is 31.1 Å². The van der Waals surface area contributed by atoms with E-state index < -0.39 is 15.9 Å². The predicted octanol–water partition coefficient (Wildman–Crippen LogP) is 1.55. The van der Waals surface area contributed by atoms with Gasteiger partial charge in [0.2, 0.25) is 10.0 Å². The van der Waals surface area contributed by atoms with Gasteiger partial charge >= 0.3 is 0 Å². The first kappa shape index (κ1) is 14.5. The van der Waals surface area contributed by atoms with E-state index in [1.54, 1.807) is 12.1 Å². The van der Waals surface area contributed by atoms with Crippen LogP contribution in [0.5, 0.6) is 5.75 Å². The Morgan fingerprint density at radius 3 is 2.28 bits per heavy atom. The van der Waals surface area contributed by atoms with E-state index in [0.29, 0.717) is 5.75 Å². The Bertz CT molecular complexity index is 505. The van der Waals surface area contributed by atoms with Crippen molar-refractivity contribution < 1.29 is 17.9 Å². The number of hydrogen-bond acceptors (Lipinski definition) is 4. The molecule has 0 saturated carbocycles. The number of amides is 1. The van der Waals surface area contributed by atoms with Crippen molar-refractivity contribution in [3.05, 3.63) is 29.8 Å². The first-order valence-electron chi connectivity index (χ1n) is 5.65. The van der Waals surface area contributed by atoms with Crippen LogP contribution >= 0.6 is 0 Å². The van der Waals surface area contributed by atoms with E-state index in [-0.39, 0.29) is 17.4 Å². The fourth-order valence-electron chi connectivity index (χ4n) is 1.23. The molecule has 0 aromatic heterocycles. The molecule has 0 bridgehead atoms. The zero-order valence-electron chi connectivity index (χ0n) is 10.6. The zero-order chi connectivity index (χ0) is 13.8. The second-order valence-electron chi connectivity index (χ2n) is 4.03. The second-order valence-corrected chi connectivity index (χ2v) is 6.04. The summed E-state index contributed by atoms with van der Waals surface area (Å²) < 4.78 is 29.9. The van der Waals surface area contributed by atoms with Gasteiger partial charge in [-0.05, 0) is 45.0 Å². The van der Waals surface area contributed by atoms with Gasteiger partial charge in [0.05, 0.1) is 11.9 Å². The summed E-state index contributed by atoms with van der Waals surface area (Å²) in [4.78, 5) is 11.6. The van der Waals surface area contributed by atoms with Gasteiger partial charge in [0.15, 0.2) is 0 Å². The minimum atomic E-state index is -3.53. The van der Waals surface area contributed by atoms with Crippen molar-refractivity contribution in [2.24, 2.45) is 0 Å². The number of nitrogens with one attached hydrogen (secondary N) is 1. The zero-order valence-corrected chi connectivity index (χ0v) is 11.5. The van der Waals surface area contributed by atoms with Crippen LogP contribution < -0.4 is 9.46 Å². The van der Waals surface area contributed by atoms with Crippen molar-refractivity contribution in [2.75, 3.05) is 5.75 Å². The predicted molar refractivity (Wildman–Crippen MR) is 69.1 cm³/mol. The maximum atomic E-state index is 11.6. The fourth-order valence-corrected chi connectivity index (χ4v) is 1.77. The van der Waals surface area contributed by atoms with Crippen LogP contribution in [0.4, 0.5) is 0 Å². The van der Waals surface area contributed by atoms with E-state index in [9.17, 15) is 13.2 Å². The van der Waals surface area contributed by atoms with Gasteiger partial charge < -0.3 is 4.74 Å². The van der Waals surface area contributed by atoms with Crippen molar-refractivity contribution in [3.63, 3.8) is 0 Å². The topological polar surface area (TPSA) is 72.5 Å². The molecule has 0 spiro atoms. The summed E-state index contributed by atoms with van der Waals surface area (Å²) in [5.41, 5.74) is 0.281. The van der Waals surface area contributed by atoms with Gasteiger partial charge in [0.25, 0.3) is 5.91 Å². The van der Waals surface area contributed by atoms with Crippen LogP contribution in [0.2, 0.25) is 0 Å². The highest BCUT2D eigenvalue weighted by atomic mass is 32.2. The van der Waals surface area contributed by atoms with Crippen LogP contribution in [-0.4, -0.2) is 26.2 Å². The highest BCUT2D eigenvalue weighted by Gasteiger charge is 2.13. The average molecular weight is 271 g/mol. The Morgan fingerprint density at radius 1 is 1.28 bits per heavy atom. The van der Waals surface area contributed by atoms with Crippen LogP contribution in [0, 0.1) is 0 Å². The maximum Gasteiger partial charge on any atom is 0.264 e. The van der Waals surface area contributed by atoms with Crippen LogP contribution in [-0.2, 0) is 10.0 Å².